The molecule has 0 spiro atoms. The van der Waals surface area contributed by atoms with Gasteiger partial charge in [-0.2, -0.15) is 0 Å². The minimum Gasteiger partial charge on any atom is -0.508 e. The van der Waals surface area contributed by atoms with Crippen LogP contribution in [0.2, 0.25) is 0 Å². The highest BCUT2D eigenvalue weighted by Crippen LogP contribution is 2.54. The van der Waals surface area contributed by atoms with Crippen LogP contribution >= 0.6 is 0 Å². The molecule has 1 amide bonds. The molecule has 2 fully saturated rings. The number of ether oxygens (including phenoxy) is 1. The monoisotopic (exact) mass is 571 g/mol. The number of Topliss-reactive ketones (excluding diaryl/α,β-unsaturated/α-hetero) is 2. The molecule has 0 radical (unpaired) electrons. The molecule has 0 unspecified atom stereocenters. The lowest BCUT2D eigenvalue weighted by atomic mass is 9.57. The number of aliphatic hydroxyl groups excluding tert-OH is 2. The Bertz CT molecular complexity index is 1430. The number of nitrogens with zero attached hydrogens (tertiary/aromatic N) is 1. The summed E-state index contributed by atoms with van der Waals surface area (Å²) < 4.78 is 5.81. The van der Waals surface area contributed by atoms with Crippen LogP contribution in [0.1, 0.15) is 48.9 Å². The van der Waals surface area contributed by atoms with Crippen molar-refractivity contribution in [1.82, 2.24) is 10.2 Å². The molecule has 1 aromatic carbocycles. The lowest BCUT2D eigenvalue weighted by molar-refractivity contribution is -0.150. The summed E-state index contributed by atoms with van der Waals surface area (Å²) in [7, 11) is 1.47. The van der Waals surface area contributed by atoms with Gasteiger partial charge in [-0.15, -0.1) is 0 Å². The van der Waals surface area contributed by atoms with Crippen molar-refractivity contribution in [2.24, 2.45) is 17.6 Å². The number of phenolic OH excluding ortho intramolecular Hbond substituents is 1. The molecule has 8 N–H and O–H groups in total. The number of rotatable bonds is 7. The van der Waals surface area contributed by atoms with Crippen LogP contribution < -0.4 is 15.8 Å². The number of hydrogen-bond donors (Lipinski definition) is 7. The average molecular weight is 572 g/mol. The number of carboxylic acid groups (broad SMARTS) is 1. The molecular weight excluding hydrogens is 538 g/mol. The third kappa shape index (κ3) is 4.10. The van der Waals surface area contributed by atoms with Gasteiger partial charge in [-0.3, -0.25) is 29.4 Å². The van der Waals surface area contributed by atoms with Crippen LogP contribution in [-0.2, 0) is 25.6 Å². The van der Waals surface area contributed by atoms with Crippen molar-refractivity contribution in [1.29, 1.82) is 0 Å². The molecule has 4 aliphatic rings. The predicted octanol–water partition coefficient (Wildman–Crippen LogP) is 0.242. The second-order valence-corrected chi connectivity index (χ2v) is 11.0. The summed E-state index contributed by atoms with van der Waals surface area (Å²) >= 11 is 0. The Kier molecular flexibility index (Phi) is 7.08. The zero-order chi connectivity index (χ0) is 30.0. The molecule has 5 atom stereocenters. The topological polar surface area (TPSA) is 220 Å². The van der Waals surface area contributed by atoms with Gasteiger partial charge in [-0.05, 0) is 50.8 Å². The fourth-order valence-electron chi connectivity index (χ4n) is 7.23. The van der Waals surface area contributed by atoms with Gasteiger partial charge in [0.1, 0.15) is 28.6 Å². The second-order valence-electron chi connectivity index (χ2n) is 11.0. The van der Waals surface area contributed by atoms with E-state index in [9.17, 15) is 44.7 Å². The number of aliphatic carboxylic acids is 1. The first kappa shape index (κ1) is 28.6. The lowest BCUT2D eigenvalue weighted by Gasteiger charge is -2.49. The number of hydrogen-bond acceptors (Lipinski definition) is 11. The van der Waals surface area contributed by atoms with Crippen LogP contribution in [0.3, 0.4) is 0 Å². The largest absolute Gasteiger partial charge is 0.508 e. The number of primary amides is 1. The number of ketones is 2. The van der Waals surface area contributed by atoms with Gasteiger partial charge < -0.3 is 36.0 Å². The summed E-state index contributed by atoms with van der Waals surface area (Å²) in [4.78, 5) is 52.8. The number of nitrogens with two attached hydrogens (primary N) is 1. The first-order valence-corrected chi connectivity index (χ1v) is 13.5. The summed E-state index contributed by atoms with van der Waals surface area (Å²) in [5, 5.41) is 56.8. The molecule has 3 aliphatic carbocycles. The number of carbonyl (C=O) groups excluding carboxylic acids is 3. The summed E-state index contributed by atoms with van der Waals surface area (Å²) in [5.41, 5.74) is 2.25. The van der Waals surface area contributed by atoms with Crippen LogP contribution in [0.4, 0.5) is 0 Å². The van der Waals surface area contributed by atoms with E-state index in [0.717, 1.165) is 31.5 Å². The van der Waals surface area contributed by atoms with Crippen molar-refractivity contribution in [3.63, 3.8) is 0 Å². The number of methoxy groups -OCH3 is 1. The third-order valence-electron chi connectivity index (χ3n) is 8.98. The highest BCUT2D eigenvalue weighted by Gasteiger charge is 2.63. The number of phenols is 1. The number of fused-ring (bicyclic) bond motifs is 3. The maximum atomic E-state index is 13.9. The SMILES string of the molecule is CCN1CCC[C@H]1c1cc(O)c2c(c1OC)C[C@H]1C[C@H]3[C@H](NCC(=O)O)C(=O)C(C(N)=O)=C(O)[C@@]3(O)C(=O)C1=C2O. The Morgan fingerprint density at radius 3 is 2.56 bits per heavy atom. The standard InChI is InChI=1S/C28H33N3O10/c1-3-31-6-4-5-15(31)12-9-16(32)19-13(24(12)41-2)7-11-8-14-21(30-10-17(33)34)23(36)20(27(29)39)26(38)28(14,40)25(37)18(11)22(19)35/h9,11,14-15,21,30,32,35,38,40H,3-8,10H2,1-2H3,(H2,29,39)(H,33,34)/t11-,14-,15-,21-,28-/m0/s1. The summed E-state index contributed by atoms with van der Waals surface area (Å²) in [6.45, 7) is 2.94. The smallest absolute Gasteiger partial charge is 0.317 e. The van der Waals surface area contributed by atoms with Crippen LogP contribution in [0.25, 0.3) is 5.76 Å². The van der Waals surface area contributed by atoms with Gasteiger partial charge in [-0.1, -0.05) is 6.92 Å². The van der Waals surface area contributed by atoms with E-state index in [1.54, 1.807) is 0 Å². The Balaban J connectivity index is 1.68. The number of amides is 1. The van der Waals surface area contributed by atoms with Crippen LogP contribution in [0, 0.1) is 11.8 Å². The average Bonchev–Trinajstić information content (AvgIpc) is 3.39. The zero-order valence-electron chi connectivity index (χ0n) is 22.6. The molecule has 220 valence electrons. The van der Waals surface area contributed by atoms with Crippen molar-refractivity contribution in [3.05, 3.63) is 39.7 Å². The fourth-order valence-corrected chi connectivity index (χ4v) is 7.23. The molecule has 13 heteroatoms. The Labute approximate surface area is 234 Å². The van der Waals surface area contributed by atoms with Crippen molar-refractivity contribution in [2.45, 2.75) is 50.3 Å². The second kappa shape index (κ2) is 10.2. The molecule has 0 bridgehead atoms. The summed E-state index contributed by atoms with van der Waals surface area (Å²) in [6.07, 6.45) is 1.69. The van der Waals surface area contributed by atoms with E-state index < -0.39 is 70.6 Å². The van der Waals surface area contributed by atoms with Gasteiger partial charge in [-0.25, -0.2) is 0 Å². The third-order valence-corrected chi connectivity index (χ3v) is 8.98. The number of nitrogens with one attached hydrogen (secondary N) is 1. The van der Waals surface area contributed by atoms with Crippen molar-refractivity contribution >= 4 is 29.2 Å². The molecule has 13 nitrogen and oxygen atoms in total. The molecule has 1 saturated carbocycles. The van der Waals surface area contributed by atoms with Crippen LogP contribution in [-0.4, -0.2) is 92.3 Å². The van der Waals surface area contributed by atoms with Crippen LogP contribution in [0.5, 0.6) is 11.5 Å². The van der Waals surface area contributed by atoms with E-state index in [-0.39, 0.29) is 35.8 Å². The van der Waals surface area contributed by atoms with Crippen molar-refractivity contribution < 1.29 is 49.4 Å². The Hall–Kier alpha value is -3.94. The van der Waals surface area contributed by atoms with Gasteiger partial charge in [0.25, 0.3) is 5.91 Å². The molecular formula is C28H33N3O10. The van der Waals surface area contributed by atoms with E-state index in [4.69, 9.17) is 10.5 Å². The minimum atomic E-state index is -2.86. The van der Waals surface area contributed by atoms with Gasteiger partial charge >= 0.3 is 5.97 Å². The summed E-state index contributed by atoms with van der Waals surface area (Å²) in [6, 6.07) is -0.0836. The molecule has 41 heavy (non-hydrogen) atoms. The number of carboxylic acids is 1. The van der Waals surface area contributed by atoms with Gasteiger partial charge in [0.2, 0.25) is 5.78 Å². The fraction of sp³-hybridized carbons (Fsp3) is 0.500. The quantitative estimate of drug-likeness (QED) is 0.219. The molecule has 1 aliphatic heterocycles. The number of benzene rings is 1. The van der Waals surface area contributed by atoms with Gasteiger partial charge in [0.15, 0.2) is 11.4 Å². The number of aromatic hydroxyl groups is 1. The first-order valence-electron chi connectivity index (χ1n) is 13.5. The summed E-state index contributed by atoms with van der Waals surface area (Å²) in [5.74, 6) is -8.90. The van der Waals surface area contributed by atoms with E-state index in [0.29, 0.717) is 11.3 Å². The maximum Gasteiger partial charge on any atom is 0.317 e. The normalized spacial score (nSPS) is 29.7. The van der Waals surface area contributed by atoms with Crippen molar-refractivity contribution in [3.8, 4) is 11.5 Å². The highest BCUT2D eigenvalue weighted by molar-refractivity contribution is 6.24. The Morgan fingerprint density at radius 2 is 1.95 bits per heavy atom. The lowest BCUT2D eigenvalue weighted by Crippen LogP contribution is -2.66. The van der Waals surface area contributed by atoms with Crippen molar-refractivity contribution in [2.75, 3.05) is 26.7 Å². The first-order chi connectivity index (χ1) is 19.4. The van der Waals surface area contributed by atoms with Gasteiger partial charge in [0, 0.05) is 28.7 Å². The number of likely N-dealkylation sites (tertiary alicyclic amines) is 1. The molecule has 5 rings (SSSR count). The molecule has 1 heterocycles. The zero-order valence-corrected chi connectivity index (χ0v) is 22.6. The van der Waals surface area contributed by atoms with E-state index in [2.05, 4.69) is 10.2 Å². The molecule has 1 saturated heterocycles. The van der Waals surface area contributed by atoms with Gasteiger partial charge in [0.05, 0.1) is 25.3 Å². The molecule has 0 aromatic heterocycles. The predicted molar refractivity (Wildman–Crippen MR) is 142 cm³/mol. The molecule has 1 aromatic rings. The van der Waals surface area contributed by atoms with E-state index >= 15 is 0 Å². The Morgan fingerprint density at radius 1 is 1.24 bits per heavy atom. The van der Waals surface area contributed by atoms with E-state index in [1.807, 2.05) is 6.92 Å². The maximum absolute atomic E-state index is 13.9. The highest BCUT2D eigenvalue weighted by atomic mass is 16.5. The van der Waals surface area contributed by atoms with Crippen LogP contribution in [0.15, 0.2) is 23.0 Å². The number of aliphatic hydroxyl groups is 3. The van der Waals surface area contributed by atoms with E-state index in [1.165, 1.54) is 13.2 Å². The minimum absolute atomic E-state index is 0.0355. The number of carbonyl (C=O) groups is 4.